The van der Waals surface area contributed by atoms with Crippen molar-refractivity contribution < 1.29 is 27.5 Å². The van der Waals surface area contributed by atoms with Gasteiger partial charge in [-0.1, -0.05) is 0 Å². The first-order valence-corrected chi connectivity index (χ1v) is 4.45. The normalized spacial score (nSPS) is 13.2. The average Bonchev–Trinajstić information content (AvgIpc) is 2.25. The molecule has 0 saturated heterocycles. The van der Waals surface area contributed by atoms with Crippen LogP contribution in [0.1, 0.15) is 10.5 Å². The number of alkyl halides is 3. The Labute approximate surface area is 93.3 Å². The molecule has 0 radical (unpaired) electrons. The number of carbonyl (C=O) groups is 1. The van der Waals surface area contributed by atoms with E-state index in [9.17, 15) is 22.4 Å². The van der Waals surface area contributed by atoms with Crippen molar-refractivity contribution in [3.8, 4) is 0 Å². The number of carbonyl (C=O) groups excluding carboxylic acids is 1. The molecule has 1 atom stereocenters. The van der Waals surface area contributed by atoms with E-state index in [0.29, 0.717) is 0 Å². The predicted molar refractivity (Wildman–Crippen MR) is 48.6 cm³/mol. The minimum absolute atomic E-state index is 0.235. The number of halogens is 4. The standard InChI is InChI=1S/C9H8F4N2O2/c10-5-1-2-6(14-3-5)8(17)15-4-7(16)9(11,12)13/h1-3,7,16H,4H2,(H,15,17). The second kappa shape index (κ2) is 5.09. The number of amides is 1. The number of nitrogens with one attached hydrogen (secondary N) is 1. The lowest BCUT2D eigenvalue weighted by Crippen LogP contribution is -2.40. The zero-order valence-electron chi connectivity index (χ0n) is 8.33. The van der Waals surface area contributed by atoms with Gasteiger partial charge in [-0.05, 0) is 12.1 Å². The van der Waals surface area contributed by atoms with Crippen molar-refractivity contribution >= 4 is 5.91 Å². The molecule has 4 nitrogen and oxygen atoms in total. The minimum Gasteiger partial charge on any atom is -0.382 e. The summed E-state index contributed by atoms with van der Waals surface area (Å²) in [5.74, 6) is -1.59. The number of rotatable bonds is 3. The second-order valence-corrected chi connectivity index (χ2v) is 3.13. The zero-order chi connectivity index (χ0) is 13.1. The van der Waals surface area contributed by atoms with Gasteiger partial charge in [-0.25, -0.2) is 9.37 Å². The summed E-state index contributed by atoms with van der Waals surface area (Å²) in [6.07, 6.45) is -6.69. The molecule has 8 heteroatoms. The third-order valence-corrected chi connectivity index (χ3v) is 1.79. The van der Waals surface area contributed by atoms with Crippen molar-refractivity contribution in [3.63, 3.8) is 0 Å². The molecule has 0 aliphatic carbocycles. The van der Waals surface area contributed by atoms with Crippen LogP contribution in [0.25, 0.3) is 0 Å². The molecule has 1 aromatic rings. The Kier molecular flexibility index (Phi) is 4.00. The fraction of sp³-hybridized carbons (Fsp3) is 0.333. The van der Waals surface area contributed by atoms with Crippen molar-refractivity contribution in [2.24, 2.45) is 0 Å². The molecular formula is C9H8F4N2O2. The van der Waals surface area contributed by atoms with Crippen LogP contribution in [-0.2, 0) is 0 Å². The van der Waals surface area contributed by atoms with Crippen LogP contribution in [0.4, 0.5) is 17.6 Å². The van der Waals surface area contributed by atoms with Crippen LogP contribution in [0, 0.1) is 5.82 Å². The van der Waals surface area contributed by atoms with E-state index in [2.05, 4.69) is 4.98 Å². The van der Waals surface area contributed by atoms with Gasteiger partial charge < -0.3 is 10.4 Å². The number of nitrogens with zero attached hydrogens (tertiary/aromatic N) is 1. The van der Waals surface area contributed by atoms with Crippen LogP contribution in [0.15, 0.2) is 18.3 Å². The summed E-state index contributed by atoms with van der Waals surface area (Å²) in [5.41, 5.74) is -0.235. The van der Waals surface area contributed by atoms with Crippen LogP contribution in [0.2, 0.25) is 0 Å². The fourth-order valence-corrected chi connectivity index (χ4v) is 0.906. The predicted octanol–water partition coefficient (Wildman–Crippen LogP) is 0.874. The summed E-state index contributed by atoms with van der Waals surface area (Å²) in [5, 5.41) is 10.4. The van der Waals surface area contributed by atoms with Gasteiger partial charge in [-0.3, -0.25) is 4.79 Å². The van der Waals surface area contributed by atoms with Gasteiger partial charge in [-0.15, -0.1) is 0 Å². The topological polar surface area (TPSA) is 62.2 Å². The lowest BCUT2D eigenvalue weighted by Gasteiger charge is -2.14. The maximum Gasteiger partial charge on any atom is 0.416 e. The van der Waals surface area contributed by atoms with Crippen LogP contribution in [0.5, 0.6) is 0 Å². The molecule has 1 rings (SSSR count). The molecule has 1 aromatic heterocycles. The Bertz CT molecular complexity index is 391. The van der Waals surface area contributed by atoms with Gasteiger partial charge in [0.05, 0.1) is 12.7 Å². The lowest BCUT2D eigenvalue weighted by molar-refractivity contribution is -0.201. The summed E-state index contributed by atoms with van der Waals surface area (Å²) < 4.78 is 48.1. The van der Waals surface area contributed by atoms with Crippen LogP contribution >= 0.6 is 0 Å². The monoisotopic (exact) mass is 252 g/mol. The van der Waals surface area contributed by atoms with Crippen LogP contribution in [-0.4, -0.2) is 34.8 Å². The maximum atomic E-state index is 12.4. The molecule has 0 spiro atoms. The van der Waals surface area contributed by atoms with E-state index in [-0.39, 0.29) is 5.69 Å². The molecule has 94 valence electrons. The van der Waals surface area contributed by atoms with E-state index >= 15 is 0 Å². The molecule has 0 aliphatic rings. The summed E-state index contributed by atoms with van der Waals surface area (Å²) >= 11 is 0. The molecule has 1 unspecified atom stereocenters. The Morgan fingerprint density at radius 3 is 2.59 bits per heavy atom. The van der Waals surface area contributed by atoms with E-state index in [1.807, 2.05) is 5.32 Å². The Hall–Kier alpha value is -1.70. The van der Waals surface area contributed by atoms with Gasteiger partial charge in [0.2, 0.25) is 0 Å². The van der Waals surface area contributed by atoms with Crippen LogP contribution < -0.4 is 5.32 Å². The highest BCUT2D eigenvalue weighted by Crippen LogP contribution is 2.19. The van der Waals surface area contributed by atoms with E-state index in [1.165, 1.54) is 0 Å². The van der Waals surface area contributed by atoms with Gasteiger partial charge in [0.25, 0.3) is 5.91 Å². The third-order valence-electron chi connectivity index (χ3n) is 1.79. The molecule has 0 aliphatic heterocycles. The highest BCUT2D eigenvalue weighted by atomic mass is 19.4. The summed E-state index contributed by atoms with van der Waals surface area (Å²) in [7, 11) is 0. The molecule has 0 fully saturated rings. The highest BCUT2D eigenvalue weighted by Gasteiger charge is 2.38. The Morgan fingerprint density at radius 1 is 1.47 bits per heavy atom. The largest absolute Gasteiger partial charge is 0.416 e. The first-order valence-electron chi connectivity index (χ1n) is 4.45. The number of aliphatic hydroxyl groups is 1. The molecule has 0 aromatic carbocycles. The Balaban J connectivity index is 2.53. The van der Waals surface area contributed by atoms with Gasteiger partial charge in [-0.2, -0.15) is 13.2 Å². The lowest BCUT2D eigenvalue weighted by atomic mass is 10.3. The molecule has 17 heavy (non-hydrogen) atoms. The molecule has 2 N–H and O–H groups in total. The first kappa shape index (κ1) is 13.4. The number of aromatic nitrogens is 1. The van der Waals surface area contributed by atoms with Gasteiger partial charge >= 0.3 is 6.18 Å². The number of aliphatic hydroxyl groups excluding tert-OH is 1. The molecule has 0 saturated carbocycles. The fourth-order valence-electron chi connectivity index (χ4n) is 0.906. The van der Waals surface area contributed by atoms with E-state index in [1.54, 1.807) is 0 Å². The number of hydrogen-bond donors (Lipinski definition) is 2. The molecule has 1 heterocycles. The minimum atomic E-state index is -4.80. The molecule has 0 bridgehead atoms. The first-order chi connectivity index (χ1) is 7.80. The second-order valence-electron chi connectivity index (χ2n) is 3.13. The van der Waals surface area contributed by atoms with Crippen molar-refractivity contribution in [1.29, 1.82) is 0 Å². The van der Waals surface area contributed by atoms with Gasteiger partial charge in [0, 0.05) is 0 Å². The molecule has 1 amide bonds. The van der Waals surface area contributed by atoms with Gasteiger partial charge in [0.1, 0.15) is 11.5 Å². The maximum absolute atomic E-state index is 12.4. The zero-order valence-corrected chi connectivity index (χ0v) is 8.33. The van der Waals surface area contributed by atoms with Crippen molar-refractivity contribution in [1.82, 2.24) is 10.3 Å². The number of pyridine rings is 1. The third kappa shape index (κ3) is 3.99. The number of hydrogen-bond acceptors (Lipinski definition) is 3. The van der Waals surface area contributed by atoms with Crippen molar-refractivity contribution in [2.75, 3.05) is 6.54 Å². The van der Waals surface area contributed by atoms with Crippen molar-refractivity contribution in [2.45, 2.75) is 12.3 Å². The van der Waals surface area contributed by atoms with Crippen molar-refractivity contribution in [3.05, 3.63) is 29.8 Å². The van der Waals surface area contributed by atoms with E-state index in [4.69, 9.17) is 5.11 Å². The average molecular weight is 252 g/mol. The van der Waals surface area contributed by atoms with E-state index < -0.39 is 30.5 Å². The summed E-state index contributed by atoms with van der Waals surface area (Å²) in [4.78, 5) is 14.6. The Morgan fingerprint density at radius 2 is 2.12 bits per heavy atom. The quantitative estimate of drug-likeness (QED) is 0.785. The smallest absolute Gasteiger partial charge is 0.382 e. The van der Waals surface area contributed by atoms with Crippen LogP contribution in [0.3, 0.4) is 0 Å². The van der Waals surface area contributed by atoms with E-state index in [0.717, 1.165) is 18.3 Å². The SMILES string of the molecule is O=C(NCC(O)C(F)(F)F)c1ccc(F)cn1. The summed E-state index contributed by atoms with van der Waals surface area (Å²) in [6, 6.07) is 1.97. The summed E-state index contributed by atoms with van der Waals surface area (Å²) in [6.45, 7) is -0.985. The van der Waals surface area contributed by atoms with Gasteiger partial charge in [0.15, 0.2) is 6.10 Å². The molecular weight excluding hydrogens is 244 g/mol. The highest BCUT2D eigenvalue weighted by molar-refractivity contribution is 5.92.